The second-order valence-electron chi connectivity index (χ2n) is 7.42. The summed E-state index contributed by atoms with van der Waals surface area (Å²) < 4.78 is 0. The van der Waals surface area contributed by atoms with Crippen LogP contribution in [0.25, 0.3) is 10.8 Å². The number of phenols is 1. The zero-order valence-corrected chi connectivity index (χ0v) is 16.1. The lowest BCUT2D eigenvalue weighted by molar-refractivity contribution is 0.467. The summed E-state index contributed by atoms with van der Waals surface area (Å²) >= 11 is 0. The van der Waals surface area contributed by atoms with Gasteiger partial charge in [-0.3, -0.25) is 0 Å². The zero-order valence-electron chi connectivity index (χ0n) is 16.1. The molecule has 1 N–H and O–H groups in total. The van der Waals surface area contributed by atoms with E-state index in [0.29, 0.717) is 5.75 Å². The van der Waals surface area contributed by atoms with Crippen LogP contribution >= 0.6 is 0 Å². The molecule has 0 atom stereocenters. The molecule has 0 aromatic heterocycles. The van der Waals surface area contributed by atoms with Crippen LogP contribution in [-0.4, -0.2) is 5.11 Å². The number of benzene rings is 2. The lowest BCUT2D eigenvalue weighted by atomic mass is 9.98. The quantitative estimate of drug-likeness (QED) is 0.369. The first-order valence-corrected chi connectivity index (χ1v) is 10.5. The van der Waals surface area contributed by atoms with Gasteiger partial charge in [-0.1, -0.05) is 108 Å². The third-order valence-corrected chi connectivity index (χ3v) is 5.30. The largest absolute Gasteiger partial charge is 0.508 e. The summed E-state index contributed by atoms with van der Waals surface area (Å²) in [6.45, 7) is 2.28. The molecule has 0 radical (unpaired) electrons. The van der Waals surface area contributed by atoms with Crippen LogP contribution in [-0.2, 0) is 6.42 Å². The van der Waals surface area contributed by atoms with Crippen molar-refractivity contribution in [2.45, 2.75) is 90.4 Å². The van der Waals surface area contributed by atoms with Crippen molar-refractivity contribution in [2.24, 2.45) is 0 Å². The Morgan fingerprint density at radius 3 is 1.84 bits per heavy atom. The number of unbranched alkanes of at least 4 members (excludes halogenated alkanes) is 11. The van der Waals surface area contributed by atoms with Crippen LogP contribution in [0.1, 0.15) is 89.5 Å². The van der Waals surface area contributed by atoms with Gasteiger partial charge >= 0.3 is 0 Å². The van der Waals surface area contributed by atoms with Crippen molar-refractivity contribution in [1.82, 2.24) is 0 Å². The highest BCUT2D eigenvalue weighted by molar-refractivity contribution is 5.87. The molecule has 0 bridgehead atoms. The molecule has 0 aliphatic carbocycles. The first-order valence-electron chi connectivity index (χ1n) is 10.5. The minimum atomic E-state index is 0.460. The minimum absolute atomic E-state index is 0.460. The van der Waals surface area contributed by atoms with Crippen LogP contribution in [0.5, 0.6) is 5.75 Å². The van der Waals surface area contributed by atoms with E-state index in [1.54, 1.807) is 0 Å². The van der Waals surface area contributed by atoms with Crippen LogP contribution in [0, 0.1) is 0 Å². The maximum absolute atomic E-state index is 10.2. The van der Waals surface area contributed by atoms with Gasteiger partial charge < -0.3 is 5.11 Å². The highest BCUT2D eigenvalue weighted by Gasteiger charge is 2.06. The molecule has 0 spiro atoms. The zero-order chi connectivity index (χ0) is 17.7. The Morgan fingerprint density at radius 2 is 1.20 bits per heavy atom. The maximum atomic E-state index is 10.2. The Labute approximate surface area is 154 Å². The molecule has 0 aliphatic heterocycles. The van der Waals surface area contributed by atoms with Gasteiger partial charge in [0.2, 0.25) is 0 Å². The molecule has 2 aromatic carbocycles. The van der Waals surface area contributed by atoms with Gasteiger partial charge in [0.1, 0.15) is 5.75 Å². The van der Waals surface area contributed by atoms with Crippen LogP contribution in [0.15, 0.2) is 36.4 Å². The summed E-state index contributed by atoms with van der Waals surface area (Å²) in [5, 5.41) is 12.6. The van der Waals surface area contributed by atoms with Gasteiger partial charge in [-0.2, -0.15) is 0 Å². The van der Waals surface area contributed by atoms with E-state index in [9.17, 15) is 5.11 Å². The summed E-state index contributed by atoms with van der Waals surface area (Å²) in [6.07, 6.45) is 17.4. The third-order valence-electron chi connectivity index (χ3n) is 5.30. The van der Waals surface area contributed by atoms with E-state index in [-0.39, 0.29) is 0 Å². The number of aryl methyl sites for hydroxylation is 1. The van der Waals surface area contributed by atoms with E-state index in [4.69, 9.17) is 0 Å². The molecule has 2 rings (SSSR count). The first kappa shape index (κ1) is 19.8. The fourth-order valence-electron chi connectivity index (χ4n) is 3.73. The first-order chi connectivity index (χ1) is 12.3. The van der Waals surface area contributed by atoms with E-state index >= 15 is 0 Å². The SMILES string of the molecule is CCCCCCCCCCCCCCc1c(O)ccc2ccccc12. The van der Waals surface area contributed by atoms with Crippen LogP contribution in [0.4, 0.5) is 0 Å². The monoisotopic (exact) mass is 340 g/mol. The average Bonchev–Trinajstić information content (AvgIpc) is 2.64. The molecule has 1 heteroatoms. The Morgan fingerprint density at radius 1 is 0.640 bits per heavy atom. The van der Waals surface area contributed by atoms with E-state index in [1.165, 1.54) is 87.8 Å². The third kappa shape index (κ3) is 7.10. The maximum Gasteiger partial charge on any atom is 0.119 e. The average molecular weight is 341 g/mol. The number of rotatable bonds is 13. The normalized spacial score (nSPS) is 11.2. The van der Waals surface area contributed by atoms with Crippen molar-refractivity contribution in [3.05, 3.63) is 42.0 Å². The predicted octanol–water partition coefficient (Wildman–Crippen LogP) is 7.79. The Balaban J connectivity index is 1.56. The van der Waals surface area contributed by atoms with Crippen LogP contribution < -0.4 is 0 Å². The van der Waals surface area contributed by atoms with Gasteiger partial charge in [0, 0.05) is 5.56 Å². The highest BCUT2D eigenvalue weighted by Crippen LogP contribution is 2.28. The molecule has 0 aliphatic rings. The standard InChI is InChI=1S/C24H36O/c1-2-3-4-5-6-7-8-9-10-11-12-13-18-23-22-17-15-14-16-21(22)19-20-24(23)25/h14-17,19-20,25H,2-13,18H2,1H3. The van der Waals surface area contributed by atoms with Crippen LogP contribution in [0.3, 0.4) is 0 Å². The van der Waals surface area contributed by atoms with E-state index < -0.39 is 0 Å². The lowest BCUT2D eigenvalue weighted by Gasteiger charge is -2.09. The summed E-state index contributed by atoms with van der Waals surface area (Å²) in [5.41, 5.74) is 1.13. The summed E-state index contributed by atoms with van der Waals surface area (Å²) in [5.74, 6) is 0.460. The molecule has 1 nitrogen and oxygen atoms in total. The number of hydrogen-bond donors (Lipinski definition) is 1. The molecular formula is C24H36O. The van der Waals surface area contributed by atoms with Gasteiger partial charge in [0.15, 0.2) is 0 Å². The second kappa shape index (κ2) is 12.0. The van der Waals surface area contributed by atoms with E-state index in [0.717, 1.165) is 12.0 Å². The number of hydrogen-bond acceptors (Lipinski definition) is 1. The molecule has 0 amide bonds. The topological polar surface area (TPSA) is 20.2 Å². The molecule has 0 saturated carbocycles. The fraction of sp³-hybridized carbons (Fsp3) is 0.583. The fourth-order valence-corrected chi connectivity index (χ4v) is 3.73. The molecule has 0 fully saturated rings. The van der Waals surface area contributed by atoms with Gasteiger partial charge in [-0.15, -0.1) is 0 Å². The Bertz CT molecular complexity index is 602. The Kier molecular flexibility index (Phi) is 9.47. The number of fused-ring (bicyclic) bond motifs is 1. The van der Waals surface area contributed by atoms with Crippen molar-refractivity contribution in [3.8, 4) is 5.75 Å². The molecule has 0 saturated heterocycles. The van der Waals surface area contributed by atoms with Crippen molar-refractivity contribution < 1.29 is 5.11 Å². The lowest BCUT2D eigenvalue weighted by Crippen LogP contribution is -1.90. The van der Waals surface area contributed by atoms with Crippen molar-refractivity contribution >= 4 is 10.8 Å². The van der Waals surface area contributed by atoms with E-state index in [1.807, 2.05) is 12.1 Å². The van der Waals surface area contributed by atoms with Crippen LogP contribution in [0.2, 0.25) is 0 Å². The van der Waals surface area contributed by atoms with E-state index in [2.05, 4.69) is 31.2 Å². The van der Waals surface area contributed by atoms with Gasteiger partial charge in [0.05, 0.1) is 0 Å². The molecule has 25 heavy (non-hydrogen) atoms. The Hall–Kier alpha value is -1.50. The number of aromatic hydroxyl groups is 1. The van der Waals surface area contributed by atoms with Crippen molar-refractivity contribution in [2.75, 3.05) is 0 Å². The summed E-state index contributed by atoms with van der Waals surface area (Å²) in [4.78, 5) is 0. The van der Waals surface area contributed by atoms with Gasteiger partial charge in [-0.05, 0) is 29.7 Å². The second-order valence-corrected chi connectivity index (χ2v) is 7.42. The molecule has 138 valence electrons. The molecular weight excluding hydrogens is 304 g/mol. The smallest absolute Gasteiger partial charge is 0.119 e. The minimum Gasteiger partial charge on any atom is -0.508 e. The molecule has 0 heterocycles. The summed E-state index contributed by atoms with van der Waals surface area (Å²) in [6, 6.07) is 12.2. The van der Waals surface area contributed by atoms with Crippen molar-refractivity contribution in [3.63, 3.8) is 0 Å². The predicted molar refractivity (Wildman–Crippen MR) is 110 cm³/mol. The van der Waals surface area contributed by atoms with Crippen molar-refractivity contribution in [1.29, 1.82) is 0 Å². The van der Waals surface area contributed by atoms with Gasteiger partial charge in [-0.25, -0.2) is 0 Å². The van der Waals surface area contributed by atoms with Gasteiger partial charge in [0.25, 0.3) is 0 Å². The summed E-state index contributed by atoms with van der Waals surface area (Å²) in [7, 11) is 0. The molecule has 2 aromatic rings. The highest BCUT2D eigenvalue weighted by atomic mass is 16.3. The number of phenolic OH excluding ortho intramolecular Hbond substituents is 1. The molecule has 0 unspecified atom stereocenters.